The van der Waals surface area contributed by atoms with Crippen LogP contribution in [-0.4, -0.2) is 47.1 Å². The van der Waals surface area contributed by atoms with E-state index in [-0.39, 0.29) is 12.0 Å². The van der Waals surface area contributed by atoms with Gasteiger partial charge >= 0.3 is 11.9 Å². The molecule has 4 rings (SSSR count). The Labute approximate surface area is 153 Å². The maximum Gasteiger partial charge on any atom is 0.341 e. The lowest BCUT2D eigenvalue weighted by atomic mass is 9.54. The first kappa shape index (κ1) is 17.7. The third-order valence-electron chi connectivity index (χ3n) is 7.06. The van der Waals surface area contributed by atoms with Gasteiger partial charge in [-0.05, 0) is 33.6 Å². The number of carbonyl (C=O) groups is 2. The van der Waals surface area contributed by atoms with E-state index in [2.05, 4.69) is 6.58 Å². The van der Waals surface area contributed by atoms with Crippen LogP contribution < -0.4 is 0 Å². The van der Waals surface area contributed by atoms with Gasteiger partial charge < -0.3 is 19.3 Å². The molecule has 8 atom stereocenters. The second-order valence-electron chi connectivity index (χ2n) is 8.62. The molecule has 26 heavy (non-hydrogen) atoms. The van der Waals surface area contributed by atoms with Gasteiger partial charge in [0, 0.05) is 16.9 Å². The minimum absolute atomic E-state index is 0.110. The lowest BCUT2D eigenvalue weighted by molar-refractivity contribution is -0.179. The lowest BCUT2D eigenvalue weighted by Crippen LogP contribution is -2.57. The molecule has 2 saturated heterocycles. The Hall–Kier alpha value is -1.66. The van der Waals surface area contributed by atoms with E-state index in [0.29, 0.717) is 18.4 Å². The summed E-state index contributed by atoms with van der Waals surface area (Å²) in [5.74, 6) is -1.38. The van der Waals surface area contributed by atoms with Crippen LogP contribution >= 0.6 is 0 Å². The Morgan fingerprint density at radius 2 is 2.08 bits per heavy atom. The smallest absolute Gasteiger partial charge is 0.341 e. The molecule has 2 aliphatic heterocycles. The number of aliphatic hydroxyl groups excluding tert-OH is 1. The van der Waals surface area contributed by atoms with Crippen LogP contribution in [0.5, 0.6) is 0 Å². The van der Waals surface area contributed by atoms with Crippen LogP contribution in [0.4, 0.5) is 0 Å². The fourth-order valence-corrected chi connectivity index (χ4v) is 5.11. The summed E-state index contributed by atoms with van der Waals surface area (Å²) in [7, 11) is 0. The van der Waals surface area contributed by atoms with E-state index in [1.54, 1.807) is 6.92 Å². The molecule has 0 amide bonds. The van der Waals surface area contributed by atoms with Gasteiger partial charge in [-0.15, -0.1) is 0 Å². The predicted octanol–water partition coefficient (Wildman–Crippen LogP) is 1.91. The van der Waals surface area contributed by atoms with E-state index in [1.807, 2.05) is 26.8 Å². The van der Waals surface area contributed by atoms with Crippen molar-refractivity contribution in [3.05, 3.63) is 23.8 Å². The summed E-state index contributed by atoms with van der Waals surface area (Å²) < 4.78 is 16.9. The molecule has 0 aromatic heterocycles. The number of fused-ring (bicyclic) bond motifs is 3. The topological polar surface area (TPSA) is 85.4 Å². The normalized spacial score (nSPS) is 49.7. The fraction of sp³-hybridized carbons (Fsp3) is 0.700. The van der Waals surface area contributed by atoms with Gasteiger partial charge in [-0.25, -0.2) is 9.59 Å². The molecule has 0 spiro atoms. The van der Waals surface area contributed by atoms with Crippen molar-refractivity contribution in [1.82, 2.24) is 0 Å². The predicted molar refractivity (Wildman–Crippen MR) is 91.9 cm³/mol. The summed E-state index contributed by atoms with van der Waals surface area (Å²) in [5, 5.41) is 10.7. The van der Waals surface area contributed by atoms with Gasteiger partial charge in [0.15, 0.2) is 5.60 Å². The molecule has 0 bridgehead atoms. The van der Waals surface area contributed by atoms with E-state index in [1.165, 1.54) is 0 Å². The summed E-state index contributed by atoms with van der Waals surface area (Å²) in [6, 6.07) is 0. The van der Waals surface area contributed by atoms with Crippen molar-refractivity contribution in [2.24, 2.45) is 17.3 Å². The van der Waals surface area contributed by atoms with Crippen molar-refractivity contribution in [3.63, 3.8) is 0 Å². The highest BCUT2D eigenvalue weighted by Gasteiger charge is 2.63. The number of hydrogen-bond acceptors (Lipinski definition) is 6. The highest BCUT2D eigenvalue weighted by Crippen LogP contribution is 2.57. The second-order valence-corrected chi connectivity index (χ2v) is 8.62. The Morgan fingerprint density at radius 1 is 1.42 bits per heavy atom. The zero-order chi connectivity index (χ0) is 19.0. The molecule has 0 unspecified atom stereocenters. The summed E-state index contributed by atoms with van der Waals surface area (Å²) in [6.45, 7) is 11.4. The van der Waals surface area contributed by atoms with E-state index < -0.39 is 47.2 Å². The molecule has 2 aliphatic carbocycles. The van der Waals surface area contributed by atoms with Crippen LogP contribution in [0.1, 0.15) is 40.5 Å². The average molecular weight is 362 g/mol. The van der Waals surface area contributed by atoms with Gasteiger partial charge in [-0.2, -0.15) is 0 Å². The van der Waals surface area contributed by atoms with Crippen molar-refractivity contribution < 1.29 is 28.9 Å². The van der Waals surface area contributed by atoms with E-state index >= 15 is 0 Å². The van der Waals surface area contributed by atoms with Crippen molar-refractivity contribution in [2.45, 2.75) is 70.6 Å². The van der Waals surface area contributed by atoms with Crippen LogP contribution in [0.15, 0.2) is 23.8 Å². The monoisotopic (exact) mass is 362 g/mol. The summed E-state index contributed by atoms with van der Waals surface area (Å²) in [6.07, 6.45) is 1.20. The molecule has 0 radical (unpaired) electrons. The first-order chi connectivity index (χ1) is 12.1. The number of hydrogen-bond donors (Lipinski definition) is 1. The molecular weight excluding hydrogens is 336 g/mol. The van der Waals surface area contributed by atoms with E-state index in [9.17, 15) is 14.7 Å². The number of aliphatic hydroxyl groups is 1. The molecule has 1 saturated carbocycles. The first-order valence-electron chi connectivity index (χ1n) is 9.23. The van der Waals surface area contributed by atoms with Crippen LogP contribution in [-0.2, 0) is 23.8 Å². The van der Waals surface area contributed by atoms with Gasteiger partial charge in [-0.3, -0.25) is 0 Å². The summed E-state index contributed by atoms with van der Waals surface area (Å²) >= 11 is 0. The highest BCUT2D eigenvalue weighted by atomic mass is 16.7. The van der Waals surface area contributed by atoms with Gasteiger partial charge in [-0.1, -0.05) is 25.2 Å². The molecule has 1 N–H and O–H groups in total. The van der Waals surface area contributed by atoms with Gasteiger partial charge in [0.2, 0.25) is 0 Å². The summed E-state index contributed by atoms with van der Waals surface area (Å²) in [4.78, 5) is 24.8. The highest BCUT2D eigenvalue weighted by molar-refractivity contribution is 5.91. The third kappa shape index (κ3) is 2.24. The zero-order valence-electron chi connectivity index (χ0n) is 15.7. The molecule has 6 heteroatoms. The lowest BCUT2D eigenvalue weighted by Gasteiger charge is -2.53. The van der Waals surface area contributed by atoms with Gasteiger partial charge in [0.25, 0.3) is 0 Å². The van der Waals surface area contributed by atoms with Gasteiger partial charge in [0.1, 0.15) is 12.2 Å². The molecule has 3 fully saturated rings. The van der Waals surface area contributed by atoms with Crippen molar-refractivity contribution in [3.8, 4) is 0 Å². The number of ether oxygens (including phenoxy) is 3. The third-order valence-corrected chi connectivity index (χ3v) is 7.06. The van der Waals surface area contributed by atoms with E-state index in [4.69, 9.17) is 14.2 Å². The van der Waals surface area contributed by atoms with Crippen LogP contribution in [0.2, 0.25) is 0 Å². The second kappa shape index (κ2) is 5.42. The van der Waals surface area contributed by atoms with Crippen molar-refractivity contribution in [2.75, 3.05) is 0 Å². The van der Waals surface area contributed by atoms with Gasteiger partial charge in [0.05, 0.1) is 18.1 Å². The van der Waals surface area contributed by atoms with Crippen molar-refractivity contribution in [1.29, 1.82) is 0 Å². The SMILES string of the molecule is C=C1C(=O)O[C@H]2[C@H]1[C@@H](OC(=O)[C@@]1(C)O[C@H]1C)C[C@@]1(C)[C@H](O)CC=C(C)[C@H]21. The number of esters is 2. The molecular formula is C20H26O6. The molecule has 2 heterocycles. The van der Waals surface area contributed by atoms with Crippen molar-refractivity contribution >= 4 is 11.9 Å². The number of rotatable bonds is 2. The Kier molecular flexibility index (Phi) is 3.70. The molecule has 0 aromatic rings. The van der Waals surface area contributed by atoms with E-state index in [0.717, 1.165) is 5.57 Å². The minimum atomic E-state index is -0.931. The first-order valence-corrected chi connectivity index (χ1v) is 9.23. The Balaban J connectivity index is 1.69. The standard InChI is InChI=1S/C20H26O6/c1-9-6-7-13(21)19(4)8-12(24-18(23)20(5)11(3)26-20)14-10(2)17(22)25-16(14)15(9)19/h6,11-16,21H,2,7-8H2,1,3-5H3/t11-,12-,13+,14+,15+,16-,19-,20-/m0/s1. The fourth-order valence-electron chi connectivity index (χ4n) is 5.11. The molecule has 142 valence electrons. The van der Waals surface area contributed by atoms with Crippen LogP contribution in [0.25, 0.3) is 0 Å². The maximum atomic E-state index is 12.6. The Bertz CT molecular complexity index is 726. The minimum Gasteiger partial charge on any atom is -0.459 e. The average Bonchev–Trinajstić information content (AvgIpc) is 3.07. The molecule has 6 nitrogen and oxygen atoms in total. The molecule has 0 aromatic carbocycles. The maximum absolute atomic E-state index is 12.6. The molecule has 4 aliphatic rings. The largest absolute Gasteiger partial charge is 0.459 e. The Morgan fingerprint density at radius 3 is 2.69 bits per heavy atom. The quantitative estimate of drug-likeness (QED) is 0.350. The number of carbonyl (C=O) groups excluding carboxylic acids is 2. The van der Waals surface area contributed by atoms with Crippen LogP contribution in [0.3, 0.4) is 0 Å². The zero-order valence-corrected chi connectivity index (χ0v) is 15.7. The number of epoxide rings is 1. The summed E-state index contributed by atoms with van der Waals surface area (Å²) in [5.41, 5.74) is -0.0185. The van der Waals surface area contributed by atoms with Crippen LogP contribution in [0, 0.1) is 17.3 Å².